The van der Waals surface area contributed by atoms with Gasteiger partial charge in [0.1, 0.15) is 17.9 Å². The molecule has 1 saturated heterocycles. The lowest BCUT2D eigenvalue weighted by atomic mass is 9.52. The number of aliphatic hydroxyl groups is 2. The van der Waals surface area contributed by atoms with Crippen LogP contribution in [0.3, 0.4) is 0 Å². The van der Waals surface area contributed by atoms with Crippen molar-refractivity contribution in [2.24, 2.45) is 5.92 Å². The third kappa shape index (κ3) is 4.67. The fourth-order valence-electron chi connectivity index (χ4n) is 7.17. The van der Waals surface area contributed by atoms with Crippen LogP contribution in [0, 0.1) is 5.92 Å². The van der Waals surface area contributed by atoms with Gasteiger partial charge in [-0.15, -0.1) is 0 Å². The van der Waals surface area contributed by atoms with E-state index in [1.807, 2.05) is 27.0 Å². The van der Waals surface area contributed by atoms with Crippen molar-refractivity contribution in [1.82, 2.24) is 10.2 Å². The molecule has 0 aromatic heterocycles. The molecule has 1 aromatic carbocycles. The molecule has 2 bridgehead atoms. The highest BCUT2D eigenvalue weighted by atomic mass is 16.6. The second kappa shape index (κ2) is 10.6. The van der Waals surface area contributed by atoms with Gasteiger partial charge in [0.2, 0.25) is 5.91 Å². The van der Waals surface area contributed by atoms with Gasteiger partial charge in [0, 0.05) is 18.0 Å². The summed E-state index contributed by atoms with van der Waals surface area (Å²) in [5, 5.41) is 35.1. The van der Waals surface area contributed by atoms with Crippen molar-refractivity contribution in [3.63, 3.8) is 0 Å². The Balaban J connectivity index is 1.39. The topological polar surface area (TPSA) is 155 Å². The summed E-state index contributed by atoms with van der Waals surface area (Å²) in [6, 6.07) is 2.23. The van der Waals surface area contributed by atoms with Crippen molar-refractivity contribution < 1.29 is 43.9 Å². The number of likely N-dealkylation sites (tertiary alicyclic amines) is 1. The first kappa shape index (κ1) is 29.3. The molecule has 5 rings (SSSR count). The summed E-state index contributed by atoms with van der Waals surface area (Å²) in [6.45, 7) is 7.19. The minimum Gasteiger partial charge on any atom is -0.504 e. The number of hydrogen-bond acceptors (Lipinski definition) is 10. The van der Waals surface area contributed by atoms with Crippen molar-refractivity contribution in [3.05, 3.63) is 35.1 Å². The number of esters is 2. The van der Waals surface area contributed by atoms with E-state index in [1.165, 1.54) is 13.8 Å². The molecule has 2 aliphatic carbocycles. The molecular weight excluding hydrogens is 532 g/mol. The Morgan fingerprint density at radius 2 is 1.93 bits per heavy atom. The van der Waals surface area contributed by atoms with Crippen LogP contribution in [0.2, 0.25) is 0 Å². The van der Waals surface area contributed by atoms with Crippen molar-refractivity contribution in [1.29, 1.82) is 0 Å². The molecule has 2 aliphatic heterocycles. The van der Waals surface area contributed by atoms with E-state index in [0.29, 0.717) is 18.6 Å². The quantitative estimate of drug-likeness (QED) is 0.337. The summed E-state index contributed by atoms with van der Waals surface area (Å²) >= 11 is 0. The van der Waals surface area contributed by atoms with E-state index in [0.717, 1.165) is 24.1 Å². The third-order valence-corrected chi connectivity index (χ3v) is 9.11. The van der Waals surface area contributed by atoms with Crippen molar-refractivity contribution in [3.8, 4) is 11.5 Å². The number of carbonyl (C=O) groups excluding carboxylic acids is 3. The van der Waals surface area contributed by atoms with Crippen LogP contribution in [0.5, 0.6) is 11.5 Å². The fourth-order valence-corrected chi connectivity index (χ4v) is 7.17. The first-order chi connectivity index (χ1) is 19.3. The Morgan fingerprint density at radius 1 is 1.20 bits per heavy atom. The highest BCUT2D eigenvalue weighted by Gasteiger charge is 2.71. The van der Waals surface area contributed by atoms with E-state index in [9.17, 15) is 29.7 Å². The molecule has 2 heterocycles. The monoisotopic (exact) mass is 572 g/mol. The van der Waals surface area contributed by atoms with Crippen LogP contribution < -0.4 is 10.1 Å². The molecule has 4 aliphatic rings. The van der Waals surface area contributed by atoms with Gasteiger partial charge in [-0.25, -0.2) is 9.59 Å². The van der Waals surface area contributed by atoms with Crippen molar-refractivity contribution in [2.75, 3.05) is 13.6 Å². The number of nitrogens with zero attached hydrogens (tertiary/aromatic N) is 1. The van der Waals surface area contributed by atoms with Crippen molar-refractivity contribution in [2.45, 2.75) is 101 Å². The number of phenols is 1. The van der Waals surface area contributed by atoms with Crippen molar-refractivity contribution >= 4 is 17.8 Å². The second-order valence-corrected chi connectivity index (χ2v) is 12.3. The first-order valence-electron chi connectivity index (χ1n) is 14.4. The Morgan fingerprint density at radius 3 is 2.61 bits per heavy atom. The number of phenolic OH excluding ortho intramolecular Hbond substituents is 1. The Bertz CT molecular complexity index is 1280. The maximum absolute atomic E-state index is 13.2. The van der Waals surface area contributed by atoms with E-state index in [1.54, 1.807) is 12.1 Å². The van der Waals surface area contributed by atoms with E-state index in [-0.39, 0.29) is 36.3 Å². The molecular formula is C30H40N2O9. The van der Waals surface area contributed by atoms with E-state index < -0.39 is 53.2 Å². The highest BCUT2D eigenvalue weighted by Crippen LogP contribution is 2.64. The standard InChI is InChI=1S/C30H40N2O9/c1-15(2)13-19(31-26(35)16(3)33)28(37)39-17(4)27(36)40-21-9-11-30(38)22-14-18-7-8-20(34)24-23(18)29(30,25(21)41-24)10-6-12-32(22)5/h7-9,15-17,19,22,25,33-34,38H,6,10-14H2,1-5H3,(H,31,35)/t16-,17-,19-,22+,25-,29-,30+/m0/s1. The van der Waals surface area contributed by atoms with Crippen LogP contribution in [0.25, 0.3) is 0 Å². The van der Waals surface area contributed by atoms with Crippen LogP contribution in [-0.4, -0.2) is 87.7 Å². The lowest BCUT2D eigenvalue weighted by molar-refractivity contribution is -0.169. The lowest BCUT2D eigenvalue weighted by Gasteiger charge is -2.56. The molecule has 0 radical (unpaired) electrons. The van der Waals surface area contributed by atoms with Crippen LogP contribution in [0.4, 0.5) is 0 Å². The average molecular weight is 573 g/mol. The molecule has 0 saturated carbocycles. The molecule has 1 spiro atoms. The zero-order chi connectivity index (χ0) is 29.9. The summed E-state index contributed by atoms with van der Waals surface area (Å²) < 4.78 is 17.6. The molecule has 4 N–H and O–H groups in total. The number of benzene rings is 1. The highest BCUT2D eigenvalue weighted by molar-refractivity contribution is 5.88. The Kier molecular flexibility index (Phi) is 7.59. The van der Waals surface area contributed by atoms with Gasteiger partial charge in [-0.2, -0.15) is 0 Å². The summed E-state index contributed by atoms with van der Waals surface area (Å²) in [7, 11) is 2.00. The van der Waals surface area contributed by atoms with Crippen LogP contribution in [0.15, 0.2) is 24.0 Å². The maximum atomic E-state index is 13.2. The molecule has 1 fully saturated rings. The molecule has 7 atom stereocenters. The summed E-state index contributed by atoms with van der Waals surface area (Å²) in [5.74, 6) is -1.87. The van der Waals surface area contributed by atoms with Gasteiger partial charge >= 0.3 is 11.9 Å². The average Bonchev–Trinajstić information content (AvgIpc) is 3.24. The number of rotatable bonds is 8. The Labute approximate surface area is 239 Å². The van der Waals surface area contributed by atoms with E-state index in [2.05, 4.69) is 10.2 Å². The number of aliphatic hydroxyl groups excluding tert-OH is 1. The minimum atomic E-state index is -1.31. The predicted molar refractivity (Wildman–Crippen MR) is 146 cm³/mol. The van der Waals surface area contributed by atoms with Gasteiger partial charge in [0.05, 0.1) is 11.0 Å². The van der Waals surface area contributed by atoms with E-state index >= 15 is 0 Å². The van der Waals surface area contributed by atoms with Crippen LogP contribution in [-0.2, 0) is 35.7 Å². The van der Waals surface area contributed by atoms with Crippen LogP contribution >= 0.6 is 0 Å². The summed E-state index contributed by atoms with van der Waals surface area (Å²) in [5.41, 5.74) is -0.367. The van der Waals surface area contributed by atoms with Gasteiger partial charge in [-0.05, 0) is 76.7 Å². The Hall–Kier alpha value is -3.15. The smallest absolute Gasteiger partial charge is 0.352 e. The zero-order valence-corrected chi connectivity index (χ0v) is 24.2. The largest absolute Gasteiger partial charge is 0.504 e. The molecule has 11 nitrogen and oxygen atoms in total. The maximum Gasteiger partial charge on any atom is 0.352 e. The molecule has 41 heavy (non-hydrogen) atoms. The van der Waals surface area contributed by atoms with Gasteiger partial charge in [-0.3, -0.25) is 4.79 Å². The number of nitrogens with one attached hydrogen (secondary N) is 1. The second-order valence-electron chi connectivity index (χ2n) is 12.3. The van der Waals surface area contributed by atoms with Gasteiger partial charge in [0.25, 0.3) is 0 Å². The van der Waals surface area contributed by atoms with Crippen LogP contribution in [0.1, 0.15) is 64.5 Å². The SMILES string of the molecule is CC(C)C[C@H](NC(=O)[C@H](C)O)C(=O)O[C@@H](C)C(=O)OC1=CC[C@@]2(O)[C@H]3Cc4ccc(O)c5c4[C@@]2(CCCN3C)[C@H]1O5. The fraction of sp³-hybridized carbons (Fsp3) is 0.633. The number of hydrogen-bond donors (Lipinski definition) is 4. The number of amides is 1. The predicted octanol–water partition coefficient (Wildman–Crippen LogP) is 1.45. The van der Waals surface area contributed by atoms with E-state index in [4.69, 9.17) is 14.2 Å². The lowest BCUT2D eigenvalue weighted by Crippen LogP contribution is -2.69. The normalized spacial score (nSPS) is 30.2. The van der Waals surface area contributed by atoms with Gasteiger partial charge in [0.15, 0.2) is 23.7 Å². The summed E-state index contributed by atoms with van der Waals surface area (Å²) in [6.07, 6.45) is 0.597. The van der Waals surface area contributed by atoms with Gasteiger partial charge in [-0.1, -0.05) is 19.9 Å². The molecule has 224 valence electrons. The van der Waals surface area contributed by atoms with Gasteiger partial charge < -0.3 is 39.7 Å². The number of ether oxygens (including phenoxy) is 3. The molecule has 0 unspecified atom stereocenters. The number of likely N-dealkylation sites (N-methyl/N-ethyl adjacent to an activating group) is 1. The molecule has 1 aromatic rings. The summed E-state index contributed by atoms with van der Waals surface area (Å²) in [4.78, 5) is 40.4. The number of carbonyl (C=O) groups is 3. The zero-order valence-electron chi connectivity index (χ0n) is 24.2. The molecule has 11 heteroatoms. The first-order valence-corrected chi connectivity index (χ1v) is 14.4. The molecule has 1 amide bonds. The third-order valence-electron chi connectivity index (χ3n) is 9.11. The number of aromatic hydroxyl groups is 1. The minimum absolute atomic E-state index is 0.0231.